The first-order valence-electron chi connectivity index (χ1n) is 6.88. The van der Waals surface area contributed by atoms with Gasteiger partial charge >= 0.3 is 0 Å². The Morgan fingerprint density at radius 2 is 1.83 bits per heavy atom. The zero-order valence-electron chi connectivity index (χ0n) is 12.6. The number of hydrogen-bond acceptors (Lipinski definition) is 4. The molecule has 0 atom stereocenters. The van der Waals surface area contributed by atoms with Crippen molar-refractivity contribution in [2.45, 2.75) is 13.3 Å². The zero-order chi connectivity index (χ0) is 17.7. The van der Waals surface area contributed by atoms with Crippen LogP contribution in [-0.2, 0) is 11.2 Å². The van der Waals surface area contributed by atoms with E-state index in [-0.39, 0.29) is 18.0 Å². The molecule has 2 aromatic carbocycles. The van der Waals surface area contributed by atoms with Gasteiger partial charge in [-0.2, -0.15) is 5.10 Å². The Balaban J connectivity index is 1.98. The van der Waals surface area contributed by atoms with Gasteiger partial charge in [-0.15, -0.1) is 0 Å². The third-order valence-electron chi connectivity index (χ3n) is 3.20. The fraction of sp³-hybridized carbons (Fsp3) is 0.125. The van der Waals surface area contributed by atoms with Crippen molar-refractivity contribution in [3.8, 4) is 0 Å². The van der Waals surface area contributed by atoms with Crippen LogP contribution in [0, 0.1) is 10.1 Å². The molecule has 0 saturated heterocycles. The average Bonchev–Trinajstić information content (AvgIpc) is 2.55. The highest BCUT2D eigenvalue weighted by molar-refractivity contribution is 6.42. The molecule has 0 radical (unpaired) electrons. The van der Waals surface area contributed by atoms with E-state index in [0.29, 0.717) is 21.3 Å². The number of nitro groups is 1. The molecule has 0 saturated carbocycles. The number of carbonyl (C=O) groups excluding carboxylic acids is 1. The summed E-state index contributed by atoms with van der Waals surface area (Å²) in [5.41, 5.74) is 4.38. The maximum Gasteiger partial charge on any atom is 0.269 e. The van der Waals surface area contributed by atoms with Crippen LogP contribution in [0.15, 0.2) is 47.6 Å². The third-order valence-corrected chi connectivity index (χ3v) is 3.94. The number of rotatable bonds is 5. The minimum absolute atomic E-state index is 0.0207. The Morgan fingerprint density at radius 3 is 2.42 bits per heavy atom. The molecule has 0 bridgehead atoms. The molecule has 1 N–H and O–H groups in total. The van der Waals surface area contributed by atoms with Gasteiger partial charge in [0.25, 0.3) is 5.69 Å². The number of nitro benzene ring substituents is 1. The molecule has 1 amide bonds. The lowest BCUT2D eigenvalue weighted by Gasteiger charge is -2.04. The van der Waals surface area contributed by atoms with Crippen molar-refractivity contribution in [2.24, 2.45) is 5.10 Å². The van der Waals surface area contributed by atoms with Crippen molar-refractivity contribution in [1.29, 1.82) is 0 Å². The number of benzene rings is 2. The first-order valence-corrected chi connectivity index (χ1v) is 7.64. The minimum atomic E-state index is -0.491. The van der Waals surface area contributed by atoms with Gasteiger partial charge in [0.2, 0.25) is 5.91 Å². The lowest BCUT2D eigenvalue weighted by Crippen LogP contribution is -2.21. The molecule has 2 rings (SSSR count). The number of halogens is 2. The van der Waals surface area contributed by atoms with E-state index in [1.807, 2.05) is 0 Å². The Morgan fingerprint density at radius 1 is 1.17 bits per heavy atom. The molecule has 2 aromatic rings. The third kappa shape index (κ3) is 4.78. The Kier molecular flexibility index (Phi) is 5.89. The van der Waals surface area contributed by atoms with Gasteiger partial charge in [0, 0.05) is 12.1 Å². The first kappa shape index (κ1) is 17.9. The quantitative estimate of drug-likeness (QED) is 0.493. The van der Waals surface area contributed by atoms with Crippen LogP contribution in [0.25, 0.3) is 0 Å². The van der Waals surface area contributed by atoms with Crippen molar-refractivity contribution < 1.29 is 9.72 Å². The summed E-state index contributed by atoms with van der Waals surface area (Å²) < 4.78 is 0. The van der Waals surface area contributed by atoms with Crippen LogP contribution >= 0.6 is 23.2 Å². The van der Waals surface area contributed by atoms with Gasteiger partial charge in [-0.25, -0.2) is 5.43 Å². The second kappa shape index (κ2) is 7.90. The summed E-state index contributed by atoms with van der Waals surface area (Å²) in [7, 11) is 0. The second-order valence-electron chi connectivity index (χ2n) is 4.96. The highest BCUT2D eigenvalue weighted by Gasteiger charge is 2.08. The van der Waals surface area contributed by atoms with Gasteiger partial charge < -0.3 is 0 Å². The summed E-state index contributed by atoms with van der Waals surface area (Å²) in [6, 6.07) is 10.8. The lowest BCUT2D eigenvalue weighted by atomic mass is 10.1. The predicted octanol–water partition coefficient (Wildman–Crippen LogP) is 3.98. The highest BCUT2D eigenvalue weighted by atomic mass is 35.5. The number of non-ortho nitro benzene ring substituents is 1. The van der Waals surface area contributed by atoms with Crippen molar-refractivity contribution in [3.05, 3.63) is 73.8 Å². The van der Waals surface area contributed by atoms with Crippen LogP contribution in [-0.4, -0.2) is 16.5 Å². The largest absolute Gasteiger partial charge is 0.273 e. The topological polar surface area (TPSA) is 84.6 Å². The monoisotopic (exact) mass is 365 g/mol. The lowest BCUT2D eigenvalue weighted by molar-refractivity contribution is -0.384. The summed E-state index contributed by atoms with van der Waals surface area (Å²) >= 11 is 11.8. The Labute approximate surface area is 148 Å². The number of hydrogen-bond donors (Lipinski definition) is 1. The molecule has 0 aliphatic heterocycles. The van der Waals surface area contributed by atoms with Crippen LogP contribution in [0.1, 0.15) is 18.1 Å². The maximum absolute atomic E-state index is 11.9. The standard InChI is InChI=1S/C16H13Cl2N3O3/c1-10(12-4-7-14(17)15(18)9-12)19-20-16(22)8-11-2-5-13(6-3-11)21(23)24/h2-7,9H,8H2,1H3,(H,20,22)/b19-10+. The van der Waals surface area contributed by atoms with E-state index >= 15 is 0 Å². The average molecular weight is 366 g/mol. The van der Waals surface area contributed by atoms with Crippen LogP contribution < -0.4 is 5.43 Å². The first-order chi connectivity index (χ1) is 11.4. The van der Waals surface area contributed by atoms with E-state index in [2.05, 4.69) is 10.5 Å². The van der Waals surface area contributed by atoms with Gasteiger partial charge in [0.05, 0.1) is 27.1 Å². The summed E-state index contributed by atoms with van der Waals surface area (Å²) in [5, 5.41) is 15.4. The van der Waals surface area contributed by atoms with Crippen molar-refractivity contribution >= 4 is 40.5 Å². The zero-order valence-corrected chi connectivity index (χ0v) is 14.1. The number of hydrazone groups is 1. The summed E-state index contributed by atoms with van der Waals surface area (Å²) in [6.45, 7) is 1.73. The molecule has 0 heterocycles. The number of amides is 1. The fourth-order valence-electron chi connectivity index (χ4n) is 1.89. The van der Waals surface area contributed by atoms with Gasteiger partial charge in [-0.1, -0.05) is 41.4 Å². The van der Waals surface area contributed by atoms with Crippen LogP contribution in [0.2, 0.25) is 10.0 Å². The summed E-state index contributed by atoms with van der Waals surface area (Å²) in [5.74, 6) is -0.330. The van der Waals surface area contributed by atoms with Crippen LogP contribution in [0.5, 0.6) is 0 Å². The molecule has 8 heteroatoms. The summed E-state index contributed by atoms with van der Waals surface area (Å²) in [4.78, 5) is 22.0. The van der Waals surface area contributed by atoms with Crippen LogP contribution in [0.4, 0.5) is 5.69 Å². The van der Waals surface area contributed by atoms with Crippen LogP contribution in [0.3, 0.4) is 0 Å². The Hall–Kier alpha value is -2.44. The molecule has 0 fully saturated rings. The maximum atomic E-state index is 11.9. The van der Waals surface area contributed by atoms with Gasteiger partial charge in [-0.3, -0.25) is 14.9 Å². The van der Waals surface area contributed by atoms with Crippen molar-refractivity contribution in [1.82, 2.24) is 5.43 Å². The normalized spacial score (nSPS) is 11.2. The predicted molar refractivity (Wildman–Crippen MR) is 93.6 cm³/mol. The molecule has 24 heavy (non-hydrogen) atoms. The van der Waals surface area contributed by atoms with E-state index in [9.17, 15) is 14.9 Å². The molecule has 6 nitrogen and oxygen atoms in total. The number of nitrogens with one attached hydrogen (secondary N) is 1. The van der Waals surface area contributed by atoms with E-state index in [1.54, 1.807) is 25.1 Å². The molecule has 0 spiro atoms. The van der Waals surface area contributed by atoms with E-state index in [1.165, 1.54) is 24.3 Å². The number of carbonyl (C=O) groups is 1. The highest BCUT2D eigenvalue weighted by Crippen LogP contribution is 2.22. The van der Waals surface area contributed by atoms with Gasteiger partial charge in [-0.05, 0) is 30.2 Å². The SMILES string of the molecule is C/C(=N\NC(=O)Cc1ccc([N+](=O)[O-])cc1)c1ccc(Cl)c(Cl)c1. The molecule has 0 aliphatic rings. The molecule has 0 unspecified atom stereocenters. The van der Waals surface area contributed by atoms with E-state index in [0.717, 1.165) is 5.56 Å². The molecular formula is C16H13Cl2N3O3. The summed E-state index contributed by atoms with van der Waals surface area (Å²) in [6.07, 6.45) is 0.0656. The molecule has 0 aromatic heterocycles. The molecule has 0 aliphatic carbocycles. The van der Waals surface area contributed by atoms with E-state index in [4.69, 9.17) is 23.2 Å². The van der Waals surface area contributed by atoms with E-state index < -0.39 is 4.92 Å². The van der Waals surface area contributed by atoms with Crippen molar-refractivity contribution in [3.63, 3.8) is 0 Å². The number of nitrogens with zero attached hydrogens (tertiary/aromatic N) is 2. The smallest absolute Gasteiger partial charge is 0.269 e. The fourth-order valence-corrected chi connectivity index (χ4v) is 2.19. The second-order valence-corrected chi connectivity index (χ2v) is 5.78. The minimum Gasteiger partial charge on any atom is -0.273 e. The molecule has 124 valence electrons. The molecular weight excluding hydrogens is 353 g/mol. The Bertz CT molecular complexity index is 805. The van der Waals surface area contributed by atoms with Gasteiger partial charge in [0.1, 0.15) is 0 Å². The van der Waals surface area contributed by atoms with Gasteiger partial charge in [0.15, 0.2) is 0 Å². The van der Waals surface area contributed by atoms with Crippen molar-refractivity contribution in [2.75, 3.05) is 0 Å².